The van der Waals surface area contributed by atoms with Crippen molar-refractivity contribution < 1.29 is 17.6 Å². The maximum atomic E-state index is 14.7. The van der Waals surface area contributed by atoms with Gasteiger partial charge < -0.3 is 19.5 Å². The Morgan fingerprint density at radius 2 is 1.97 bits per heavy atom. The molecule has 0 amide bonds. The Balaban J connectivity index is 1.67. The van der Waals surface area contributed by atoms with Crippen LogP contribution in [-0.2, 0) is 6.42 Å². The van der Waals surface area contributed by atoms with Crippen molar-refractivity contribution in [2.24, 2.45) is 0 Å². The lowest BCUT2D eigenvalue weighted by Crippen LogP contribution is -2.33. The van der Waals surface area contributed by atoms with Gasteiger partial charge in [-0.1, -0.05) is 18.1 Å². The van der Waals surface area contributed by atoms with Gasteiger partial charge in [-0.3, -0.25) is 0 Å². The quantitative estimate of drug-likeness (QED) is 0.616. The zero-order valence-corrected chi connectivity index (χ0v) is 17.6. The molecular weight excluding hydrogens is 407 g/mol. The van der Waals surface area contributed by atoms with Crippen molar-refractivity contribution in [1.82, 2.24) is 15.1 Å². The van der Waals surface area contributed by atoms with E-state index in [9.17, 15) is 13.2 Å². The van der Waals surface area contributed by atoms with E-state index in [1.807, 2.05) is 25.9 Å². The van der Waals surface area contributed by atoms with Gasteiger partial charge >= 0.3 is 6.01 Å². The van der Waals surface area contributed by atoms with Gasteiger partial charge in [-0.2, -0.15) is 0 Å². The van der Waals surface area contributed by atoms with Crippen LogP contribution in [0, 0.1) is 17.5 Å². The van der Waals surface area contributed by atoms with Crippen LogP contribution < -0.4 is 10.2 Å². The van der Waals surface area contributed by atoms with Gasteiger partial charge in [0.2, 0.25) is 0 Å². The van der Waals surface area contributed by atoms with E-state index in [2.05, 4.69) is 20.4 Å². The van der Waals surface area contributed by atoms with Gasteiger partial charge in [0, 0.05) is 19.6 Å². The second-order valence-electron chi connectivity index (χ2n) is 7.78. The Kier molecular flexibility index (Phi) is 5.86. The summed E-state index contributed by atoms with van der Waals surface area (Å²) in [6.07, 6.45) is 1.61. The third-order valence-corrected chi connectivity index (χ3v) is 5.66. The monoisotopic (exact) mass is 431 g/mol. The summed E-state index contributed by atoms with van der Waals surface area (Å²) in [5.41, 5.74) is 0.703. The lowest BCUT2D eigenvalue weighted by atomic mass is 10.1. The molecule has 0 saturated carbocycles. The summed E-state index contributed by atoms with van der Waals surface area (Å²) in [4.78, 5) is 4.09. The predicted molar refractivity (Wildman–Crippen MR) is 113 cm³/mol. The molecule has 1 N–H and O–H groups in total. The van der Waals surface area contributed by atoms with Crippen molar-refractivity contribution in [3.8, 4) is 11.5 Å². The van der Waals surface area contributed by atoms with Crippen molar-refractivity contribution in [3.63, 3.8) is 0 Å². The van der Waals surface area contributed by atoms with Crippen LogP contribution in [0.1, 0.15) is 18.9 Å². The molecule has 1 atom stereocenters. The van der Waals surface area contributed by atoms with Gasteiger partial charge in [0.1, 0.15) is 5.82 Å². The first-order valence-electron chi connectivity index (χ1n) is 10.2. The smallest absolute Gasteiger partial charge is 0.318 e. The van der Waals surface area contributed by atoms with Crippen LogP contribution in [0.15, 0.2) is 34.7 Å². The van der Waals surface area contributed by atoms with Crippen LogP contribution >= 0.6 is 0 Å². The van der Waals surface area contributed by atoms with Crippen molar-refractivity contribution in [3.05, 3.63) is 53.3 Å². The van der Waals surface area contributed by atoms with Crippen molar-refractivity contribution in [1.29, 1.82) is 0 Å². The summed E-state index contributed by atoms with van der Waals surface area (Å²) in [7, 11) is 3.90. The lowest BCUT2D eigenvalue weighted by Gasteiger charge is -2.21. The molecule has 0 spiro atoms. The number of nitrogens with zero attached hydrogens (tertiary/aromatic N) is 4. The normalized spacial score (nSPS) is 16.6. The van der Waals surface area contributed by atoms with E-state index in [0.29, 0.717) is 6.42 Å². The minimum Gasteiger partial charge on any atom is -0.403 e. The minimum absolute atomic E-state index is 0.0141. The maximum absolute atomic E-state index is 14.7. The largest absolute Gasteiger partial charge is 0.403 e. The molecule has 4 rings (SSSR count). The Hall–Kier alpha value is -3.07. The number of halogens is 3. The third kappa shape index (κ3) is 4.23. The van der Waals surface area contributed by atoms with Gasteiger partial charge in [0.15, 0.2) is 11.6 Å². The molecule has 3 aromatic rings. The highest BCUT2D eigenvalue weighted by atomic mass is 19.2. The minimum atomic E-state index is -1.15. The maximum Gasteiger partial charge on any atom is 0.318 e. The standard InChI is InChI=1S/C22H24F3N5O/c1-4-13-5-8-18(17(24)11-13)26-20-15(6-7-16(23)19(20)25)21-27-28-22(31-21)30(3)14-9-10-29(2)12-14/h5-8,11,14,26H,4,9-10,12H2,1-3H3. The van der Waals surface area contributed by atoms with Gasteiger partial charge in [0.25, 0.3) is 5.89 Å². The van der Waals surface area contributed by atoms with Crippen LogP contribution in [0.25, 0.3) is 11.5 Å². The van der Waals surface area contributed by atoms with Gasteiger partial charge in [-0.25, -0.2) is 13.2 Å². The molecule has 1 aromatic heterocycles. The zero-order chi connectivity index (χ0) is 22.1. The fourth-order valence-electron chi connectivity index (χ4n) is 3.72. The van der Waals surface area contributed by atoms with Crippen LogP contribution in [0.3, 0.4) is 0 Å². The number of likely N-dealkylation sites (tertiary alicyclic amines) is 1. The second kappa shape index (κ2) is 8.58. The Morgan fingerprint density at radius 1 is 1.16 bits per heavy atom. The highest BCUT2D eigenvalue weighted by Gasteiger charge is 2.27. The van der Waals surface area contributed by atoms with Crippen molar-refractivity contribution >= 4 is 17.4 Å². The average molecular weight is 431 g/mol. The molecular formula is C22H24F3N5O. The van der Waals surface area contributed by atoms with E-state index in [1.165, 1.54) is 18.2 Å². The van der Waals surface area contributed by atoms with E-state index in [4.69, 9.17) is 4.42 Å². The van der Waals surface area contributed by atoms with Crippen LogP contribution in [0.5, 0.6) is 0 Å². The second-order valence-corrected chi connectivity index (χ2v) is 7.78. The molecule has 164 valence electrons. The zero-order valence-electron chi connectivity index (χ0n) is 17.6. The average Bonchev–Trinajstić information content (AvgIpc) is 3.41. The summed E-state index contributed by atoms with van der Waals surface area (Å²) < 4.78 is 48.9. The molecule has 6 nitrogen and oxygen atoms in total. The Bertz CT molecular complexity index is 1090. The number of anilines is 3. The number of aromatic nitrogens is 2. The highest BCUT2D eigenvalue weighted by Crippen LogP contribution is 2.35. The van der Waals surface area contributed by atoms with Crippen LogP contribution in [0.4, 0.5) is 30.6 Å². The van der Waals surface area contributed by atoms with E-state index in [-0.39, 0.29) is 34.9 Å². The molecule has 0 radical (unpaired) electrons. The summed E-state index contributed by atoms with van der Waals surface area (Å²) in [5, 5.41) is 10.8. The third-order valence-electron chi connectivity index (χ3n) is 5.66. The number of likely N-dealkylation sites (N-methyl/N-ethyl adjacent to an activating group) is 2. The molecule has 2 aromatic carbocycles. The fourth-order valence-corrected chi connectivity index (χ4v) is 3.72. The molecule has 31 heavy (non-hydrogen) atoms. The summed E-state index contributed by atoms with van der Waals surface area (Å²) in [6, 6.07) is 7.38. The van der Waals surface area contributed by atoms with E-state index in [0.717, 1.165) is 31.1 Å². The predicted octanol–water partition coefficient (Wildman–Crippen LogP) is 4.60. The first kappa shape index (κ1) is 21.2. The summed E-state index contributed by atoms with van der Waals surface area (Å²) >= 11 is 0. The SMILES string of the molecule is CCc1ccc(Nc2c(-c3nnc(N(C)C4CCN(C)C4)o3)ccc(F)c2F)c(F)c1. The first-order chi connectivity index (χ1) is 14.9. The summed E-state index contributed by atoms with van der Waals surface area (Å²) in [5.74, 6) is -2.77. The topological polar surface area (TPSA) is 57.4 Å². The van der Waals surface area contributed by atoms with Crippen LogP contribution in [-0.4, -0.2) is 48.3 Å². The Morgan fingerprint density at radius 3 is 2.65 bits per heavy atom. The van der Waals surface area contributed by atoms with Gasteiger partial charge in [-0.15, -0.1) is 5.10 Å². The number of hydrogen-bond acceptors (Lipinski definition) is 6. The molecule has 1 saturated heterocycles. The van der Waals surface area contributed by atoms with E-state index >= 15 is 0 Å². The number of nitrogens with one attached hydrogen (secondary N) is 1. The van der Waals surface area contributed by atoms with Crippen molar-refractivity contribution in [2.75, 3.05) is 37.4 Å². The molecule has 1 fully saturated rings. The number of aryl methyl sites for hydroxylation is 1. The molecule has 1 aliphatic rings. The van der Waals surface area contributed by atoms with Crippen molar-refractivity contribution in [2.45, 2.75) is 25.8 Å². The lowest BCUT2D eigenvalue weighted by molar-refractivity contribution is 0.406. The van der Waals surface area contributed by atoms with Crippen LogP contribution in [0.2, 0.25) is 0 Å². The number of hydrogen-bond donors (Lipinski definition) is 1. The number of benzene rings is 2. The molecule has 1 aliphatic heterocycles. The van der Waals surface area contributed by atoms with E-state index in [1.54, 1.807) is 6.07 Å². The number of rotatable bonds is 6. The van der Waals surface area contributed by atoms with Gasteiger partial charge in [-0.05, 0) is 56.3 Å². The molecule has 0 bridgehead atoms. The summed E-state index contributed by atoms with van der Waals surface area (Å²) in [6.45, 7) is 3.73. The first-order valence-corrected chi connectivity index (χ1v) is 10.2. The van der Waals surface area contributed by atoms with E-state index < -0.39 is 17.5 Å². The molecule has 0 aliphatic carbocycles. The highest BCUT2D eigenvalue weighted by molar-refractivity contribution is 5.78. The molecule has 1 unspecified atom stereocenters. The molecule has 9 heteroatoms. The molecule has 2 heterocycles. The van der Waals surface area contributed by atoms with Gasteiger partial charge in [0.05, 0.1) is 16.9 Å². The fraction of sp³-hybridized carbons (Fsp3) is 0.364. The Labute approximate surface area is 178 Å².